The van der Waals surface area contributed by atoms with E-state index in [1.165, 1.54) is 6.07 Å². The number of alkyl halides is 3. The predicted molar refractivity (Wildman–Crippen MR) is 120 cm³/mol. The van der Waals surface area contributed by atoms with E-state index in [4.69, 9.17) is 16.3 Å². The summed E-state index contributed by atoms with van der Waals surface area (Å²) in [5, 5.41) is 8.29. The molecule has 1 aliphatic carbocycles. The van der Waals surface area contributed by atoms with Crippen LogP contribution in [0.25, 0.3) is 0 Å². The highest BCUT2D eigenvalue weighted by atomic mass is 35.5. The Morgan fingerprint density at radius 1 is 1.26 bits per heavy atom. The molecule has 1 saturated carbocycles. The van der Waals surface area contributed by atoms with Crippen molar-refractivity contribution in [3.8, 4) is 0 Å². The average molecular weight is 558 g/mol. The first-order chi connectivity index (χ1) is 17.9. The smallest absolute Gasteiger partial charge is 0.433 e. The van der Waals surface area contributed by atoms with E-state index in [-0.39, 0.29) is 60.5 Å². The largest absolute Gasteiger partial charge is 0.446 e. The van der Waals surface area contributed by atoms with Crippen LogP contribution in [0.2, 0.25) is 5.02 Å². The maximum atomic E-state index is 15.3. The van der Waals surface area contributed by atoms with Gasteiger partial charge in [0.05, 0.1) is 11.6 Å². The number of aromatic nitrogens is 2. The summed E-state index contributed by atoms with van der Waals surface area (Å²) in [6.07, 6.45) is -4.68. The van der Waals surface area contributed by atoms with E-state index < -0.39 is 59.7 Å². The third-order valence-corrected chi connectivity index (χ3v) is 7.19. The minimum absolute atomic E-state index is 0.0389. The van der Waals surface area contributed by atoms with E-state index >= 15 is 4.39 Å². The van der Waals surface area contributed by atoms with Crippen molar-refractivity contribution in [3.05, 3.63) is 51.6 Å². The average Bonchev–Trinajstić information content (AvgIpc) is 3.43. The molecule has 1 aromatic carbocycles. The van der Waals surface area contributed by atoms with E-state index in [9.17, 15) is 32.3 Å². The minimum Gasteiger partial charge on any atom is -0.446 e. The molecule has 1 aromatic heterocycles. The van der Waals surface area contributed by atoms with Crippen LogP contribution in [0.4, 0.5) is 22.4 Å². The van der Waals surface area contributed by atoms with Gasteiger partial charge in [0.15, 0.2) is 0 Å². The quantitative estimate of drug-likeness (QED) is 0.430. The molecular weight excluding hydrogens is 538 g/mol. The van der Waals surface area contributed by atoms with Gasteiger partial charge in [-0.15, -0.1) is 0 Å². The first kappa shape index (κ1) is 25.9. The van der Waals surface area contributed by atoms with Crippen molar-refractivity contribution >= 4 is 35.4 Å². The summed E-state index contributed by atoms with van der Waals surface area (Å²) in [6.45, 7) is -0.488. The number of alkyl carbamates (subject to hydrolysis) is 1. The van der Waals surface area contributed by atoms with E-state index in [1.54, 1.807) is 0 Å². The lowest BCUT2D eigenvalue weighted by molar-refractivity contribution is -0.147. The van der Waals surface area contributed by atoms with Crippen LogP contribution in [-0.4, -0.2) is 50.6 Å². The number of hydrogen-bond acceptors (Lipinski definition) is 6. The van der Waals surface area contributed by atoms with Crippen molar-refractivity contribution in [2.45, 2.75) is 63.1 Å². The second kappa shape index (κ2) is 9.57. The molecule has 3 aliphatic rings. The van der Waals surface area contributed by atoms with Crippen LogP contribution < -0.4 is 10.6 Å². The molecule has 0 unspecified atom stereocenters. The fraction of sp³-hybridized carbons (Fsp3) is 0.435. The number of piperidine rings is 1. The van der Waals surface area contributed by atoms with Gasteiger partial charge in [-0.25, -0.2) is 9.18 Å². The van der Waals surface area contributed by atoms with Crippen molar-refractivity contribution in [3.63, 3.8) is 0 Å². The molecule has 2 aromatic rings. The Labute approximate surface area is 217 Å². The number of nitrogens with one attached hydrogen (secondary N) is 2. The summed E-state index contributed by atoms with van der Waals surface area (Å²) >= 11 is 6.28. The predicted octanol–water partition coefficient (Wildman–Crippen LogP) is 3.09. The molecule has 10 nitrogen and oxygen atoms in total. The Morgan fingerprint density at radius 2 is 2.00 bits per heavy atom. The SMILES string of the molecule is O=C1CC[C@@H](N2Cc3c(Cl)cc(CNC(=O)OC4CC(n5nccc5C(F)(F)F)C4)c(F)c3C2=O)C(=O)N1. The third-order valence-electron chi connectivity index (χ3n) is 6.86. The number of carbonyl (C=O) groups excluding carboxylic acids is 4. The second-order valence-electron chi connectivity index (χ2n) is 9.25. The maximum Gasteiger partial charge on any atom is 0.433 e. The maximum absolute atomic E-state index is 15.3. The summed E-state index contributed by atoms with van der Waals surface area (Å²) < 4.78 is 60.4. The Kier molecular flexibility index (Phi) is 6.53. The Bertz CT molecular complexity index is 1340. The van der Waals surface area contributed by atoms with Crippen LogP contribution in [0, 0.1) is 5.82 Å². The van der Waals surface area contributed by atoms with Gasteiger partial charge in [-0.2, -0.15) is 18.3 Å². The van der Waals surface area contributed by atoms with E-state index in [0.29, 0.717) is 0 Å². The third kappa shape index (κ3) is 4.68. The lowest BCUT2D eigenvalue weighted by Gasteiger charge is -2.35. The van der Waals surface area contributed by atoms with Crippen molar-refractivity contribution in [2.24, 2.45) is 0 Å². The van der Waals surface area contributed by atoms with Gasteiger partial charge in [0.2, 0.25) is 11.8 Å². The van der Waals surface area contributed by atoms with Gasteiger partial charge in [0, 0.05) is 54.7 Å². The van der Waals surface area contributed by atoms with E-state index in [2.05, 4.69) is 15.7 Å². The minimum atomic E-state index is -4.55. The summed E-state index contributed by atoms with van der Waals surface area (Å²) in [5.74, 6) is -2.77. The number of ether oxygens (including phenoxy) is 1. The molecule has 15 heteroatoms. The van der Waals surface area contributed by atoms with E-state index in [1.807, 2.05) is 0 Å². The summed E-state index contributed by atoms with van der Waals surface area (Å²) in [6, 6.07) is 0.601. The number of fused-ring (bicyclic) bond motifs is 1. The Hall–Kier alpha value is -3.68. The Balaban J connectivity index is 1.19. The van der Waals surface area contributed by atoms with E-state index in [0.717, 1.165) is 21.8 Å². The number of hydrogen-bond donors (Lipinski definition) is 2. The first-order valence-corrected chi connectivity index (χ1v) is 12.0. The van der Waals surface area contributed by atoms with Gasteiger partial charge in [0.25, 0.3) is 5.91 Å². The number of benzene rings is 1. The molecule has 2 N–H and O–H groups in total. The number of nitrogens with zero attached hydrogens (tertiary/aromatic N) is 3. The van der Waals surface area contributed by atoms with Crippen molar-refractivity contribution in [1.82, 2.24) is 25.3 Å². The summed E-state index contributed by atoms with van der Waals surface area (Å²) in [4.78, 5) is 50.0. The molecule has 4 amide bonds. The van der Waals surface area contributed by atoms with Crippen LogP contribution in [0.3, 0.4) is 0 Å². The highest BCUT2D eigenvalue weighted by Crippen LogP contribution is 2.39. The highest BCUT2D eigenvalue weighted by Gasteiger charge is 2.43. The van der Waals surface area contributed by atoms with Gasteiger partial charge in [-0.3, -0.25) is 24.4 Å². The normalized spacial score (nSPS) is 23.1. The molecule has 1 atom stereocenters. The standard InChI is InChI=1S/C23H20ClF4N5O5/c24-14-5-10(19(25)18-13(14)9-32(21(18)36)15-1-2-17(34)31-20(15)35)8-29-22(37)38-12-6-11(7-12)33-16(3-4-30-33)23(26,27)28/h3-5,11-12,15H,1-2,6-9H2,(H,29,37)(H,31,34,35)/t11?,12?,15-/m1/s1. The second-order valence-corrected chi connectivity index (χ2v) is 9.66. The number of halogens is 5. The van der Waals surface area contributed by atoms with Gasteiger partial charge < -0.3 is 15.0 Å². The molecule has 0 radical (unpaired) electrons. The monoisotopic (exact) mass is 557 g/mol. The van der Waals surface area contributed by atoms with Crippen LogP contribution in [0.5, 0.6) is 0 Å². The molecule has 202 valence electrons. The number of rotatable bonds is 5. The number of imide groups is 1. The number of amides is 4. The summed E-state index contributed by atoms with van der Waals surface area (Å²) in [7, 11) is 0. The molecule has 1 saturated heterocycles. The van der Waals surface area contributed by atoms with Gasteiger partial charge in [-0.05, 0) is 18.6 Å². The molecule has 2 aliphatic heterocycles. The van der Waals surface area contributed by atoms with Crippen LogP contribution in [-0.2, 0) is 33.6 Å². The van der Waals surface area contributed by atoms with Crippen molar-refractivity contribution < 1.29 is 41.5 Å². The molecule has 5 rings (SSSR count). The van der Waals surface area contributed by atoms with Gasteiger partial charge >= 0.3 is 12.3 Å². The summed E-state index contributed by atoms with van der Waals surface area (Å²) in [5.41, 5.74) is -1.10. The van der Waals surface area contributed by atoms with Crippen molar-refractivity contribution in [2.75, 3.05) is 0 Å². The van der Waals surface area contributed by atoms with Crippen LogP contribution in [0.1, 0.15) is 58.9 Å². The Morgan fingerprint density at radius 3 is 2.68 bits per heavy atom. The number of carbonyl (C=O) groups is 4. The van der Waals surface area contributed by atoms with Crippen LogP contribution in [0.15, 0.2) is 18.3 Å². The fourth-order valence-corrected chi connectivity index (χ4v) is 5.15. The zero-order chi connectivity index (χ0) is 27.4. The molecule has 2 fully saturated rings. The molecule has 38 heavy (non-hydrogen) atoms. The molecule has 0 spiro atoms. The zero-order valence-electron chi connectivity index (χ0n) is 19.5. The van der Waals surface area contributed by atoms with Crippen molar-refractivity contribution in [1.29, 1.82) is 0 Å². The van der Waals surface area contributed by atoms with Crippen LogP contribution >= 0.6 is 11.6 Å². The lowest BCUT2D eigenvalue weighted by Crippen LogP contribution is -2.52. The molecular formula is C23H20ClF4N5O5. The lowest BCUT2D eigenvalue weighted by atomic mass is 9.89. The zero-order valence-corrected chi connectivity index (χ0v) is 20.2. The highest BCUT2D eigenvalue weighted by molar-refractivity contribution is 6.32. The molecule has 0 bridgehead atoms. The topological polar surface area (TPSA) is 123 Å². The van der Waals surface area contributed by atoms with Gasteiger partial charge in [-0.1, -0.05) is 11.6 Å². The first-order valence-electron chi connectivity index (χ1n) is 11.6. The van der Waals surface area contributed by atoms with Gasteiger partial charge in [0.1, 0.15) is 23.7 Å². The fourth-order valence-electron chi connectivity index (χ4n) is 4.86. The molecule has 3 heterocycles.